The molecule has 1 aromatic heterocycles. The van der Waals surface area contributed by atoms with Crippen molar-refractivity contribution in [1.82, 2.24) is 9.97 Å². The Kier molecular flexibility index (Phi) is 5.57. The lowest BCUT2D eigenvalue weighted by Crippen LogP contribution is -2.36. The van der Waals surface area contributed by atoms with Crippen LogP contribution >= 0.6 is 0 Å². The summed E-state index contributed by atoms with van der Waals surface area (Å²) >= 11 is 0. The Morgan fingerprint density at radius 1 is 1.29 bits per heavy atom. The van der Waals surface area contributed by atoms with Gasteiger partial charge in [0.2, 0.25) is 0 Å². The molecule has 1 aliphatic carbocycles. The minimum Gasteiger partial charge on any atom is -0.370 e. The quantitative estimate of drug-likeness (QED) is 0.859. The third kappa shape index (κ3) is 3.94. The molecule has 1 fully saturated rings. The highest BCUT2D eigenvalue weighted by Gasteiger charge is 2.39. The molecule has 0 unspecified atom stereocenters. The van der Waals surface area contributed by atoms with Gasteiger partial charge in [-0.05, 0) is 51.9 Å². The lowest BCUT2D eigenvalue weighted by molar-refractivity contribution is -0.0837. The molecule has 4 heteroatoms. The minimum absolute atomic E-state index is 0.282. The number of hydrogen-bond acceptors (Lipinski definition) is 4. The molecule has 0 atom stereocenters. The Morgan fingerprint density at radius 3 is 2.62 bits per heavy atom. The Labute approximate surface area is 128 Å². The Bertz CT molecular complexity index is 453. The van der Waals surface area contributed by atoms with Crippen LogP contribution in [0.25, 0.3) is 0 Å². The summed E-state index contributed by atoms with van der Waals surface area (Å²) in [5, 5.41) is 3.38. The highest BCUT2D eigenvalue weighted by Crippen LogP contribution is 2.41. The molecule has 0 aromatic carbocycles. The summed E-state index contributed by atoms with van der Waals surface area (Å²) in [5.41, 5.74) is 0.729. The summed E-state index contributed by atoms with van der Waals surface area (Å²) in [6.45, 7) is 10.2. The van der Waals surface area contributed by atoms with Gasteiger partial charge in [0, 0.05) is 24.9 Å². The number of nitrogens with zero attached hydrogens (tertiary/aromatic N) is 2. The molecule has 4 nitrogen and oxygen atoms in total. The van der Waals surface area contributed by atoms with Gasteiger partial charge in [0.15, 0.2) is 5.82 Å². The standard InChI is InChI=1S/C17H29N3O/c1-5-11-18-15-12-14(4)19-16(20-15)17(21-6-2)9-7-13(3)8-10-17/h12-13H,5-11H2,1-4H3,(H,18,19,20). The first-order valence-electron chi connectivity index (χ1n) is 8.33. The minimum atomic E-state index is -0.282. The number of rotatable bonds is 6. The first-order valence-corrected chi connectivity index (χ1v) is 8.33. The van der Waals surface area contributed by atoms with E-state index in [0.29, 0.717) is 6.61 Å². The van der Waals surface area contributed by atoms with Crippen molar-refractivity contribution in [1.29, 1.82) is 0 Å². The van der Waals surface area contributed by atoms with Crippen molar-refractivity contribution in [3.8, 4) is 0 Å². The van der Waals surface area contributed by atoms with Gasteiger partial charge < -0.3 is 10.1 Å². The van der Waals surface area contributed by atoms with E-state index in [9.17, 15) is 0 Å². The second-order valence-corrected chi connectivity index (χ2v) is 6.25. The monoisotopic (exact) mass is 291 g/mol. The Morgan fingerprint density at radius 2 is 2.00 bits per heavy atom. The molecule has 1 aliphatic rings. The van der Waals surface area contributed by atoms with Crippen LogP contribution in [0.3, 0.4) is 0 Å². The third-order valence-corrected chi connectivity index (χ3v) is 4.32. The maximum atomic E-state index is 6.17. The largest absolute Gasteiger partial charge is 0.370 e. The van der Waals surface area contributed by atoms with Crippen LogP contribution in [-0.2, 0) is 10.3 Å². The fraction of sp³-hybridized carbons (Fsp3) is 0.765. The summed E-state index contributed by atoms with van der Waals surface area (Å²) in [4.78, 5) is 9.47. The van der Waals surface area contributed by atoms with Crippen LogP contribution in [0.4, 0.5) is 5.82 Å². The molecular weight excluding hydrogens is 262 g/mol. The van der Waals surface area contributed by atoms with E-state index in [1.54, 1.807) is 0 Å². The van der Waals surface area contributed by atoms with Crippen molar-refractivity contribution in [3.63, 3.8) is 0 Å². The van der Waals surface area contributed by atoms with Gasteiger partial charge in [-0.3, -0.25) is 0 Å². The van der Waals surface area contributed by atoms with Gasteiger partial charge in [-0.15, -0.1) is 0 Å². The van der Waals surface area contributed by atoms with Crippen LogP contribution in [0.1, 0.15) is 64.4 Å². The van der Waals surface area contributed by atoms with E-state index < -0.39 is 0 Å². The van der Waals surface area contributed by atoms with E-state index in [-0.39, 0.29) is 5.60 Å². The zero-order valence-corrected chi connectivity index (χ0v) is 13.9. The predicted molar refractivity (Wildman–Crippen MR) is 86.5 cm³/mol. The molecule has 2 rings (SSSR count). The number of aryl methyl sites for hydroxylation is 1. The number of aromatic nitrogens is 2. The van der Waals surface area contributed by atoms with Crippen LogP contribution in [0.15, 0.2) is 6.07 Å². The first-order chi connectivity index (χ1) is 10.1. The predicted octanol–water partition coefficient (Wildman–Crippen LogP) is 4.05. The summed E-state index contributed by atoms with van der Waals surface area (Å²) < 4.78 is 6.17. The molecule has 0 saturated heterocycles. The average molecular weight is 291 g/mol. The smallest absolute Gasteiger partial charge is 0.162 e. The van der Waals surface area contributed by atoms with Gasteiger partial charge >= 0.3 is 0 Å². The molecule has 0 spiro atoms. The molecule has 1 aromatic rings. The lowest BCUT2D eigenvalue weighted by Gasteiger charge is -2.38. The fourth-order valence-electron chi connectivity index (χ4n) is 3.05. The van der Waals surface area contributed by atoms with Gasteiger partial charge in [-0.25, -0.2) is 9.97 Å². The van der Waals surface area contributed by atoms with Crippen LogP contribution in [0.2, 0.25) is 0 Å². The molecule has 1 saturated carbocycles. The van der Waals surface area contributed by atoms with Crippen molar-refractivity contribution in [2.24, 2.45) is 5.92 Å². The van der Waals surface area contributed by atoms with E-state index in [0.717, 1.165) is 49.1 Å². The van der Waals surface area contributed by atoms with E-state index in [1.165, 1.54) is 12.8 Å². The number of nitrogens with one attached hydrogen (secondary N) is 1. The maximum Gasteiger partial charge on any atom is 0.162 e. The summed E-state index contributed by atoms with van der Waals surface area (Å²) in [6.07, 6.45) is 5.52. The van der Waals surface area contributed by atoms with Gasteiger partial charge in [-0.2, -0.15) is 0 Å². The Balaban J connectivity index is 2.29. The normalized spacial score (nSPS) is 25.8. The van der Waals surface area contributed by atoms with Crippen molar-refractivity contribution in [2.45, 2.75) is 65.4 Å². The van der Waals surface area contributed by atoms with E-state index in [4.69, 9.17) is 14.7 Å². The maximum absolute atomic E-state index is 6.17. The molecule has 1 N–H and O–H groups in total. The highest BCUT2D eigenvalue weighted by atomic mass is 16.5. The van der Waals surface area contributed by atoms with Crippen molar-refractivity contribution in [3.05, 3.63) is 17.6 Å². The van der Waals surface area contributed by atoms with Crippen molar-refractivity contribution >= 4 is 5.82 Å². The molecule has 1 heterocycles. The van der Waals surface area contributed by atoms with E-state index in [2.05, 4.69) is 26.1 Å². The van der Waals surface area contributed by atoms with Gasteiger partial charge in [0.25, 0.3) is 0 Å². The lowest BCUT2D eigenvalue weighted by atomic mass is 9.78. The second-order valence-electron chi connectivity index (χ2n) is 6.25. The topological polar surface area (TPSA) is 47.0 Å². The fourth-order valence-corrected chi connectivity index (χ4v) is 3.05. The molecule has 0 radical (unpaired) electrons. The number of ether oxygens (including phenoxy) is 1. The third-order valence-electron chi connectivity index (χ3n) is 4.32. The first kappa shape index (κ1) is 16.2. The summed E-state index contributed by atoms with van der Waals surface area (Å²) in [6, 6.07) is 2.02. The van der Waals surface area contributed by atoms with E-state index in [1.807, 2.05) is 13.0 Å². The molecule has 0 bridgehead atoms. The van der Waals surface area contributed by atoms with Crippen LogP contribution < -0.4 is 5.32 Å². The second kappa shape index (κ2) is 7.21. The van der Waals surface area contributed by atoms with Crippen LogP contribution in [-0.4, -0.2) is 23.1 Å². The number of anilines is 1. The van der Waals surface area contributed by atoms with E-state index >= 15 is 0 Å². The zero-order chi connectivity index (χ0) is 15.3. The summed E-state index contributed by atoms with van der Waals surface area (Å²) in [5.74, 6) is 2.58. The van der Waals surface area contributed by atoms with Crippen LogP contribution in [0.5, 0.6) is 0 Å². The number of hydrogen-bond donors (Lipinski definition) is 1. The molecule has 0 aliphatic heterocycles. The van der Waals surface area contributed by atoms with Gasteiger partial charge in [0.1, 0.15) is 11.4 Å². The average Bonchev–Trinajstić information content (AvgIpc) is 2.47. The van der Waals surface area contributed by atoms with Gasteiger partial charge in [0.05, 0.1) is 0 Å². The molecule has 21 heavy (non-hydrogen) atoms. The molecular formula is C17H29N3O. The molecule has 0 amide bonds. The Hall–Kier alpha value is -1.16. The van der Waals surface area contributed by atoms with Crippen molar-refractivity contribution < 1.29 is 4.74 Å². The van der Waals surface area contributed by atoms with Crippen molar-refractivity contribution in [2.75, 3.05) is 18.5 Å². The molecule has 118 valence electrons. The zero-order valence-electron chi connectivity index (χ0n) is 13.9. The van der Waals surface area contributed by atoms with Gasteiger partial charge in [-0.1, -0.05) is 13.8 Å². The summed E-state index contributed by atoms with van der Waals surface area (Å²) in [7, 11) is 0. The van der Waals surface area contributed by atoms with Crippen LogP contribution in [0, 0.1) is 12.8 Å². The SMILES string of the molecule is CCCNc1cc(C)nc(C2(OCC)CCC(C)CC2)n1. The highest BCUT2D eigenvalue weighted by molar-refractivity contribution is 5.36.